The first-order valence-corrected chi connectivity index (χ1v) is 6.22. The molecule has 1 fully saturated rings. The van der Waals surface area contributed by atoms with Gasteiger partial charge < -0.3 is 15.5 Å². The third-order valence-corrected chi connectivity index (χ3v) is 3.57. The summed E-state index contributed by atoms with van der Waals surface area (Å²) < 4.78 is 0. The molecular formula is C12H25N3O. The van der Waals surface area contributed by atoms with Gasteiger partial charge in [-0.1, -0.05) is 12.8 Å². The van der Waals surface area contributed by atoms with E-state index in [9.17, 15) is 4.79 Å². The van der Waals surface area contributed by atoms with Crippen LogP contribution in [0.3, 0.4) is 0 Å². The highest BCUT2D eigenvalue weighted by Gasteiger charge is 2.29. The van der Waals surface area contributed by atoms with E-state index in [-0.39, 0.29) is 11.6 Å². The van der Waals surface area contributed by atoms with Gasteiger partial charge in [-0.2, -0.15) is 0 Å². The molecule has 0 aliphatic carbocycles. The lowest BCUT2D eigenvalue weighted by molar-refractivity contribution is 0.123. The second-order valence-electron chi connectivity index (χ2n) is 5.26. The molecule has 0 aromatic carbocycles. The summed E-state index contributed by atoms with van der Waals surface area (Å²) in [5, 5.41) is 0. The van der Waals surface area contributed by atoms with E-state index in [0.717, 1.165) is 25.9 Å². The summed E-state index contributed by atoms with van der Waals surface area (Å²) in [6, 6.07) is 0.123. The van der Waals surface area contributed by atoms with Gasteiger partial charge in [0.05, 0.1) is 5.54 Å². The van der Waals surface area contributed by atoms with Gasteiger partial charge >= 0.3 is 6.03 Å². The second-order valence-corrected chi connectivity index (χ2v) is 5.26. The van der Waals surface area contributed by atoms with Crippen LogP contribution in [0.25, 0.3) is 0 Å². The Hall–Kier alpha value is -0.770. The van der Waals surface area contributed by atoms with Gasteiger partial charge in [0, 0.05) is 26.7 Å². The van der Waals surface area contributed by atoms with Gasteiger partial charge in [0.1, 0.15) is 0 Å². The van der Waals surface area contributed by atoms with Crippen LogP contribution in [0.15, 0.2) is 0 Å². The molecule has 1 heterocycles. The molecule has 0 aromatic heterocycles. The summed E-state index contributed by atoms with van der Waals surface area (Å²) in [7, 11) is 1.85. The fraction of sp³-hybridized carbons (Fsp3) is 0.917. The third-order valence-electron chi connectivity index (χ3n) is 3.57. The molecule has 0 unspecified atom stereocenters. The maximum absolute atomic E-state index is 12.3. The topological polar surface area (TPSA) is 49.6 Å². The van der Waals surface area contributed by atoms with Crippen LogP contribution in [0.4, 0.5) is 4.79 Å². The minimum atomic E-state index is -0.261. The van der Waals surface area contributed by atoms with Crippen LogP contribution in [0.2, 0.25) is 0 Å². The van der Waals surface area contributed by atoms with Crippen molar-refractivity contribution < 1.29 is 4.79 Å². The Morgan fingerprint density at radius 1 is 1.25 bits per heavy atom. The Morgan fingerprint density at radius 3 is 2.19 bits per heavy atom. The van der Waals surface area contributed by atoms with Gasteiger partial charge in [-0.25, -0.2) is 4.79 Å². The largest absolute Gasteiger partial charge is 0.328 e. The predicted molar refractivity (Wildman–Crippen MR) is 66.3 cm³/mol. The summed E-state index contributed by atoms with van der Waals surface area (Å²) in [6.07, 6.45) is 4.74. The van der Waals surface area contributed by atoms with Crippen molar-refractivity contribution in [3.05, 3.63) is 0 Å². The molecule has 0 aromatic rings. The molecular weight excluding hydrogens is 202 g/mol. The first-order chi connectivity index (χ1) is 7.49. The molecule has 0 radical (unpaired) electrons. The van der Waals surface area contributed by atoms with E-state index in [0.29, 0.717) is 6.54 Å². The van der Waals surface area contributed by atoms with E-state index >= 15 is 0 Å². The molecule has 1 aliphatic heterocycles. The van der Waals surface area contributed by atoms with Crippen molar-refractivity contribution in [2.45, 2.75) is 45.1 Å². The molecule has 94 valence electrons. The second kappa shape index (κ2) is 5.53. The standard InChI is InChI=1S/C12H25N3O/c1-12(2,10-13)14(3)11(16)15-8-6-4-5-7-9-15/h4-10,13H2,1-3H3. The van der Waals surface area contributed by atoms with E-state index in [1.165, 1.54) is 12.8 Å². The first-order valence-electron chi connectivity index (χ1n) is 6.22. The number of likely N-dealkylation sites (N-methyl/N-ethyl adjacent to an activating group) is 1. The van der Waals surface area contributed by atoms with Gasteiger partial charge in [-0.3, -0.25) is 0 Å². The number of nitrogens with two attached hydrogens (primary N) is 1. The molecule has 2 N–H and O–H groups in total. The van der Waals surface area contributed by atoms with Crippen LogP contribution in [0, 0.1) is 0 Å². The van der Waals surface area contributed by atoms with E-state index in [2.05, 4.69) is 0 Å². The number of rotatable bonds is 2. The number of hydrogen-bond acceptors (Lipinski definition) is 2. The molecule has 1 aliphatic rings. The fourth-order valence-electron chi connectivity index (χ4n) is 1.87. The van der Waals surface area contributed by atoms with E-state index in [4.69, 9.17) is 5.73 Å². The molecule has 4 heteroatoms. The molecule has 1 rings (SSSR count). The smallest absolute Gasteiger partial charge is 0.320 e. The van der Waals surface area contributed by atoms with Crippen LogP contribution < -0.4 is 5.73 Å². The maximum Gasteiger partial charge on any atom is 0.320 e. The Kier molecular flexibility index (Phi) is 4.59. The molecule has 2 amide bonds. The van der Waals surface area contributed by atoms with Gasteiger partial charge in [0.15, 0.2) is 0 Å². The number of hydrogen-bond donors (Lipinski definition) is 1. The minimum Gasteiger partial charge on any atom is -0.328 e. The van der Waals surface area contributed by atoms with Crippen molar-refractivity contribution in [1.82, 2.24) is 9.80 Å². The summed E-state index contributed by atoms with van der Waals surface area (Å²) in [5.74, 6) is 0. The minimum absolute atomic E-state index is 0.123. The number of carbonyl (C=O) groups excluding carboxylic acids is 1. The van der Waals surface area contributed by atoms with Crippen molar-refractivity contribution in [3.63, 3.8) is 0 Å². The van der Waals surface area contributed by atoms with E-state index in [1.54, 1.807) is 4.90 Å². The molecule has 0 saturated carbocycles. The lowest BCUT2D eigenvalue weighted by atomic mass is 10.0. The predicted octanol–water partition coefficient (Wildman–Crippen LogP) is 1.65. The normalized spacial score (nSPS) is 18.1. The molecule has 0 spiro atoms. The number of nitrogens with zero attached hydrogens (tertiary/aromatic N) is 2. The highest BCUT2D eigenvalue weighted by atomic mass is 16.2. The van der Waals surface area contributed by atoms with Gasteiger partial charge in [0.2, 0.25) is 0 Å². The zero-order valence-corrected chi connectivity index (χ0v) is 10.8. The molecule has 4 nitrogen and oxygen atoms in total. The van der Waals surface area contributed by atoms with E-state index < -0.39 is 0 Å². The van der Waals surface area contributed by atoms with E-state index in [1.807, 2.05) is 25.8 Å². The van der Waals surface area contributed by atoms with Crippen LogP contribution in [0.5, 0.6) is 0 Å². The lowest BCUT2D eigenvalue weighted by Gasteiger charge is -2.38. The zero-order chi connectivity index (χ0) is 12.2. The average Bonchev–Trinajstić information content (AvgIpc) is 2.55. The van der Waals surface area contributed by atoms with Crippen LogP contribution in [-0.2, 0) is 0 Å². The number of carbonyl (C=O) groups is 1. The van der Waals surface area contributed by atoms with Crippen molar-refractivity contribution in [3.8, 4) is 0 Å². The average molecular weight is 227 g/mol. The third kappa shape index (κ3) is 3.11. The van der Waals surface area contributed by atoms with Gasteiger partial charge in [-0.15, -0.1) is 0 Å². The summed E-state index contributed by atoms with van der Waals surface area (Å²) in [5.41, 5.74) is 5.43. The molecule has 1 saturated heterocycles. The zero-order valence-electron chi connectivity index (χ0n) is 10.8. The highest BCUT2D eigenvalue weighted by molar-refractivity contribution is 5.75. The number of amides is 2. The number of urea groups is 1. The summed E-state index contributed by atoms with van der Waals surface area (Å²) in [4.78, 5) is 16.0. The van der Waals surface area contributed by atoms with Crippen molar-refractivity contribution in [2.24, 2.45) is 5.73 Å². The Balaban J connectivity index is 2.61. The molecule has 16 heavy (non-hydrogen) atoms. The SMILES string of the molecule is CN(C(=O)N1CCCCCC1)C(C)(C)CN. The van der Waals surface area contributed by atoms with Gasteiger partial charge in [0.25, 0.3) is 0 Å². The van der Waals surface area contributed by atoms with Crippen molar-refractivity contribution in [2.75, 3.05) is 26.7 Å². The summed E-state index contributed by atoms with van der Waals surface area (Å²) in [6.45, 7) is 6.28. The van der Waals surface area contributed by atoms with Gasteiger partial charge in [-0.05, 0) is 26.7 Å². The first kappa shape index (κ1) is 13.3. The Morgan fingerprint density at radius 2 is 1.75 bits per heavy atom. The summed E-state index contributed by atoms with van der Waals surface area (Å²) >= 11 is 0. The fourth-order valence-corrected chi connectivity index (χ4v) is 1.87. The molecule has 0 atom stereocenters. The maximum atomic E-state index is 12.3. The number of likely N-dealkylation sites (tertiary alicyclic amines) is 1. The highest BCUT2D eigenvalue weighted by Crippen LogP contribution is 2.16. The lowest BCUT2D eigenvalue weighted by Crippen LogP contribution is -2.54. The van der Waals surface area contributed by atoms with Crippen molar-refractivity contribution in [1.29, 1.82) is 0 Å². The Labute approximate surface area is 98.8 Å². The Bertz CT molecular complexity index is 232. The van der Waals surface area contributed by atoms with Crippen LogP contribution in [-0.4, -0.2) is 48.1 Å². The monoisotopic (exact) mass is 227 g/mol. The van der Waals surface area contributed by atoms with Crippen molar-refractivity contribution >= 4 is 6.03 Å². The van der Waals surface area contributed by atoms with Crippen LogP contribution in [0.1, 0.15) is 39.5 Å². The quantitative estimate of drug-likeness (QED) is 0.780. The van der Waals surface area contributed by atoms with Crippen LogP contribution >= 0.6 is 0 Å². The molecule has 0 bridgehead atoms.